The molecule has 0 spiro atoms. The smallest absolute Gasteiger partial charge is 0.227 e. The maximum atomic E-state index is 5.37. The highest BCUT2D eigenvalue weighted by Gasteiger charge is 2.24. The standard InChI is InChI=1S/C15H27N3O/c1-11-6-5-7-12(10-11)14-17-13(19-18-14)8-9-16-15(2,3)4/h11-12,16H,5-10H2,1-4H3. The highest BCUT2D eigenvalue weighted by atomic mass is 16.5. The minimum absolute atomic E-state index is 0.141. The van der Waals surface area contributed by atoms with Gasteiger partial charge in [-0.3, -0.25) is 0 Å². The molecular weight excluding hydrogens is 238 g/mol. The fourth-order valence-corrected chi connectivity index (χ4v) is 2.75. The van der Waals surface area contributed by atoms with Gasteiger partial charge in [0.25, 0.3) is 0 Å². The number of nitrogens with one attached hydrogen (secondary N) is 1. The summed E-state index contributed by atoms with van der Waals surface area (Å²) < 4.78 is 5.37. The van der Waals surface area contributed by atoms with Crippen LogP contribution in [0.2, 0.25) is 0 Å². The Morgan fingerprint density at radius 3 is 2.79 bits per heavy atom. The SMILES string of the molecule is CC1CCCC(c2noc(CCNC(C)(C)C)n2)C1. The maximum Gasteiger partial charge on any atom is 0.227 e. The summed E-state index contributed by atoms with van der Waals surface area (Å²) in [4.78, 5) is 4.57. The molecule has 0 amide bonds. The van der Waals surface area contributed by atoms with Gasteiger partial charge in [-0.1, -0.05) is 24.9 Å². The summed E-state index contributed by atoms with van der Waals surface area (Å²) in [5.74, 6) is 3.00. The van der Waals surface area contributed by atoms with Crippen LogP contribution in [0.5, 0.6) is 0 Å². The first-order chi connectivity index (χ1) is 8.94. The van der Waals surface area contributed by atoms with E-state index in [-0.39, 0.29) is 5.54 Å². The van der Waals surface area contributed by atoms with Gasteiger partial charge < -0.3 is 9.84 Å². The predicted molar refractivity (Wildman–Crippen MR) is 76.1 cm³/mol. The average Bonchev–Trinajstić information content (AvgIpc) is 2.76. The second-order valence-electron chi connectivity index (χ2n) is 6.94. The summed E-state index contributed by atoms with van der Waals surface area (Å²) in [5.41, 5.74) is 0.141. The van der Waals surface area contributed by atoms with E-state index < -0.39 is 0 Å². The molecule has 1 N–H and O–H groups in total. The highest BCUT2D eigenvalue weighted by Crippen LogP contribution is 2.34. The molecule has 1 heterocycles. The molecule has 0 aromatic carbocycles. The number of hydrogen-bond acceptors (Lipinski definition) is 4. The fraction of sp³-hybridized carbons (Fsp3) is 0.867. The molecule has 0 radical (unpaired) electrons. The van der Waals surface area contributed by atoms with Crippen molar-refractivity contribution in [3.63, 3.8) is 0 Å². The number of rotatable bonds is 4. The largest absolute Gasteiger partial charge is 0.339 e. The van der Waals surface area contributed by atoms with Crippen LogP contribution in [0.4, 0.5) is 0 Å². The Hall–Kier alpha value is -0.900. The minimum Gasteiger partial charge on any atom is -0.339 e. The lowest BCUT2D eigenvalue weighted by atomic mass is 9.82. The van der Waals surface area contributed by atoms with Crippen LogP contribution in [0.3, 0.4) is 0 Å². The lowest BCUT2D eigenvalue weighted by Crippen LogP contribution is -2.37. The molecule has 4 heteroatoms. The molecule has 1 fully saturated rings. The van der Waals surface area contributed by atoms with Crippen LogP contribution >= 0.6 is 0 Å². The molecular formula is C15H27N3O. The third kappa shape index (κ3) is 4.60. The van der Waals surface area contributed by atoms with Gasteiger partial charge in [-0.25, -0.2) is 0 Å². The third-order valence-electron chi connectivity index (χ3n) is 3.78. The summed E-state index contributed by atoms with van der Waals surface area (Å²) in [6.45, 7) is 9.69. The minimum atomic E-state index is 0.141. The summed E-state index contributed by atoms with van der Waals surface area (Å²) in [7, 11) is 0. The molecule has 1 aromatic heterocycles. The molecule has 4 nitrogen and oxygen atoms in total. The lowest BCUT2D eigenvalue weighted by molar-refractivity contribution is 0.318. The molecule has 0 aliphatic heterocycles. The van der Waals surface area contributed by atoms with E-state index in [4.69, 9.17) is 4.52 Å². The van der Waals surface area contributed by atoms with Crippen LogP contribution in [0.1, 0.15) is 71.0 Å². The van der Waals surface area contributed by atoms with Gasteiger partial charge in [-0.15, -0.1) is 0 Å². The van der Waals surface area contributed by atoms with Crippen LogP contribution in [0.25, 0.3) is 0 Å². The predicted octanol–water partition coefficient (Wildman–Crippen LogP) is 3.29. The van der Waals surface area contributed by atoms with Crippen LogP contribution in [-0.2, 0) is 6.42 Å². The summed E-state index contributed by atoms with van der Waals surface area (Å²) in [6, 6.07) is 0. The zero-order valence-electron chi connectivity index (χ0n) is 12.7. The van der Waals surface area contributed by atoms with Crippen LogP contribution in [0.15, 0.2) is 4.52 Å². The number of aromatic nitrogens is 2. The highest BCUT2D eigenvalue weighted by molar-refractivity contribution is 4.98. The average molecular weight is 265 g/mol. The molecule has 1 aromatic rings. The molecule has 19 heavy (non-hydrogen) atoms. The molecule has 108 valence electrons. The van der Waals surface area contributed by atoms with E-state index >= 15 is 0 Å². The van der Waals surface area contributed by atoms with Crippen LogP contribution in [-0.4, -0.2) is 22.2 Å². The molecule has 2 rings (SSSR count). The van der Waals surface area contributed by atoms with Crippen molar-refractivity contribution in [2.75, 3.05) is 6.54 Å². The Labute approximate surface area is 116 Å². The Morgan fingerprint density at radius 2 is 2.11 bits per heavy atom. The van der Waals surface area contributed by atoms with E-state index in [1.807, 2.05) is 0 Å². The van der Waals surface area contributed by atoms with Gasteiger partial charge in [0.05, 0.1) is 0 Å². The number of hydrogen-bond donors (Lipinski definition) is 1. The third-order valence-corrected chi connectivity index (χ3v) is 3.78. The van der Waals surface area contributed by atoms with E-state index in [0.717, 1.165) is 30.6 Å². The Balaban J connectivity index is 1.85. The summed E-state index contributed by atoms with van der Waals surface area (Å²) >= 11 is 0. The maximum absolute atomic E-state index is 5.37. The Kier molecular flexibility index (Phi) is 4.61. The van der Waals surface area contributed by atoms with Gasteiger partial charge in [-0.2, -0.15) is 4.98 Å². The Morgan fingerprint density at radius 1 is 1.32 bits per heavy atom. The van der Waals surface area contributed by atoms with Crippen LogP contribution in [0, 0.1) is 5.92 Å². The molecule has 2 unspecified atom stereocenters. The van der Waals surface area contributed by atoms with Crippen molar-refractivity contribution in [1.29, 1.82) is 0 Å². The van der Waals surface area contributed by atoms with E-state index in [9.17, 15) is 0 Å². The van der Waals surface area contributed by atoms with Crippen molar-refractivity contribution in [2.45, 2.75) is 71.3 Å². The first-order valence-corrected chi connectivity index (χ1v) is 7.51. The molecule has 0 bridgehead atoms. The van der Waals surface area contributed by atoms with Gasteiger partial charge in [-0.05, 0) is 39.5 Å². The van der Waals surface area contributed by atoms with Gasteiger partial charge in [0.1, 0.15) is 0 Å². The van der Waals surface area contributed by atoms with Crippen LogP contribution < -0.4 is 5.32 Å². The monoisotopic (exact) mass is 265 g/mol. The first-order valence-electron chi connectivity index (χ1n) is 7.51. The van der Waals surface area contributed by atoms with Crippen molar-refractivity contribution >= 4 is 0 Å². The Bertz CT molecular complexity index is 394. The molecule has 2 atom stereocenters. The fourth-order valence-electron chi connectivity index (χ4n) is 2.75. The van der Waals surface area contributed by atoms with Gasteiger partial charge in [0.15, 0.2) is 5.82 Å². The molecule has 1 saturated carbocycles. The van der Waals surface area contributed by atoms with Gasteiger partial charge >= 0.3 is 0 Å². The van der Waals surface area contributed by atoms with Gasteiger partial charge in [0.2, 0.25) is 5.89 Å². The zero-order valence-corrected chi connectivity index (χ0v) is 12.7. The normalized spacial score (nSPS) is 24.6. The van der Waals surface area contributed by atoms with Gasteiger partial charge in [0, 0.05) is 24.4 Å². The van der Waals surface area contributed by atoms with E-state index in [2.05, 4.69) is 43.2 Å². The van der Waals surface area contributed by atoms with Crippen molar-refractivity contribution in [3.8, 4) is 0 Å². The van der Waals surface area contributed by atoms with Crippen molar-refractivity contribution in [1.82, 2.24) is 15.5 Å². The summed E-state index contributed by atoms with van der Waals surface area (Å²) in [5, 5.41) is 7.61. The van der Waals surface area contributed by atoms with Crippen molar-refractivity contribution < 1.29 is 4.52 Å². The van der Waals surface area contributed by atoms with Crippen molar-refractivity contribution in [2.24, 2.45) is 5.92 Å². The molecule has 1 aliphatic carbocycles. The zero-order chi connectivity index (χ0) is 13.9. The second kappa shape index (κ2) is 6.04. The molecule has 1 aliphatic rings. The van der Waals surface area contributed by atoms with Crippen molar-refractivity contribution in [3.05, 3.63) is 11.7 Å². The number of nitrogens with zero attached hydrogens (tertiary/aromatic N) is 2. The second-order valence-corrected chi connectivity index (χ2v) is 6.94. The summed E-state index contributed by atoms with van der Waals surface area (Å²) in [6.07, 6.45) is 5.87. The lowest BCUT2D eigenvalue weighted by Gasteiger charge is -2.23. The topological polar surface area (TPSA) is 51.0 Å². The molecule has 0 saturated heterocycles. The first kappa shape index (κ1) is 14.5. The van der Waals surface area contributed by atoms with E-state index in [1.165, 1.54) is 25.7 Å². The quantitative estimate of drug-likeness (QED) is 0.907. The van der Waals surface area contributed by atoms with E-state index in [1.54, 1.807) is 0 Å². The van der Waals surface area contributed by atoms with E-state index in [0.29, 0.717) is 5.92 Å².